The lowest BCUT2D eigenvalue weighted by Crippen LogP contribution is -2.34. The zero-order chi connectivity index (χ0) is 21.9. The van der Waals surface area contributed by atoms with Crippen molar-refractivity contribution in [1.29, 1.82) is 0 Å². The molecule has 0 radical (unpaired) electrons. The fourth-order valence-electron chi connectivity index (χ4n) is 2.60. The molecule has 3 rings (SSSR count). The topological polar surface area (TPSA) is 118 Å². The highest BCUT2D eigenvalue weighted by Crippen LogP contribution is 2.30. The van der Waals surface area contributed by atoms with Gasteiger partial charge in [-0.1, -0.05) is 30.3 Å². The van der Waals surface area contributed by atoms with E-state index in [-0.39, 0.29) is 17.1 Å². The lowest BCUT2D eigenvalue weighted by atomic mass is 10.1. The summed E-state index contributed by atoms with van der Waals surface area (Å²) in [6, 6.07) is 13.5. The average Bonchev–Trinajstić information content (AvgIpc) is 2.72. The van der Waals surface area contributed by atoms with Crippen LogP contribution in [0.2, 0.25) is 0 Å². The molecule has 0 spiro atoms. The fourth-order valence-corrected chi connectivity index (χ4v) is 2.60. The Morgan fingerprint density at radius 1 is 0.933 bits per heavy atom. The second kappa shape index (κ2) is 8.24. The Morgan fingerprint density at radius 2 is 1.53 bits per heavy atom. The van der Waals surface area contributed by atoms with Gasteiger partial charge < -0.3 is 9.84 Å². The molecule has 0 aliphatic heterocycles. The third-order valence-electron chi connectivity index (χ3n) is 4.03. The van der Waals surface area contributed by atoms with E-state index in [4.69, 9.17) is 4.74 Å². The van der Waals surface area contributed by atoms with Gasteiger partial charge in [0.15, 0.2) is 0 Å². The van der Waals surface area contributed by atoms with Crippen molar-refractivity contribution in [2.45, 2.75) is 26.4 Å². The van der Waals surface area contributed by atoms with Gasteiger partial charge in [-0.15, -0.1) is 20.4 Å². The Kier molecular flexibility index (Phi) is 5.72. The summed E-state index contributed by atoms with van der Waals surface area (Å²) in [7, 11) is 1.48. The molecule has 154 valence electrons. The Balaban J connectivity index is 2.02. The van der Waals surface area contributed by atoms with E-state index in [1.165, 1.54) is 30.1 Å². The molecular weight excluding hydrogens is 386 g/mol. The molecule has 0 saturated heterocycles. The first-order valence-corrected chi connectivity index (χ1v) is 9.13. The summed E-state index contributed by atoms with van der Waals surface area (Å²) in [4.78, 5) is 25.2. The van der Waals surface area contributed by atoms with E-state index in [2.05, 4.69) is 20.4 Å². The molecule has 9 nitrogen and oxygen atoms in total. The van der Waals surface area contributed by atoms with E-state index < -0.39 is 17.7 Å². The van der Waals surface area contributed by atoms with Gasteiger partial charge in [0, 0.05) is 18.2 Å². The molecule has 1 heterocycles. The first-order chi connectivity index (χ1) is 14.2. The molecule has 0 aliphatic rings. The van der Waals surface area contributed by atoms with Gasteiger partial charge in [0.1, 0.15) is 5.60 Å². The second-order valence-corrected chi connectivity index (χ2v) is 7.49. The quantitative estimate of drug-likeness (QED) is 0.696. The molecule has 0 bridgehead atoms. The Labute approximate surface area is 173 Å². The molecule has 0 fully saturated rings. The summed E-state index contributed by atoms with van der Waals surface area (Å²) in [6.45, 7) is 5.23. The van der Waals surface area contributed by atoms with E-state index >= 15 is 0 Å². The largest absolute Gasteiger partial charge is 0.478 e. The van der Waals surface area contributed by atoms with Crippen LogP contribution >= 0.6 is 0 Å². The van der Waals surface area contributed by atoms with Gasteiger partial charge in [-0.2, -0.15) is 0 Å². The van der Waals surface area contributed by atoms with E-state index in [9.17, 15) is 14.7 Å². The molecule has 9 heteroatoms. The number of amides is 1. The number of ether oxygens (including phenoxy) is 1. The van der Waals surface area contributed by atoms with Crippen molar-refractivity contribution < 1.29 is 19.4 Å². The predicted octanol–water partition coefficient (Wildman–Crippen LogP) is 3.67. The molecule has 1 N–H and O–H groups in total. The SMILES string of the molecule is CN(C(=O)OC(C)(C)C)c1cc(C(=O)O)ccc1-c1nnc(-c2ccccc2)nn1. The van der Waals surface area contributed by atoms with Crippen molar-refractivity contribution >= 4 is 17.7 Å². The van der Waals surface area contributed by atoms with Crippen LogP contribution in [0.3, 0.4) is 0 Å². The highest BCUT2D eigenvalue weighted by molar-refractivity contribution is 5.96. The van der Waals surface area contributed by atoms with E-state index in [0.29, 0.717) is 11.4 Å². The van der Waals surface area contributed by atoms with Crippen LogP contribution in [-0.4, -0.2) is 50.2 Å². The van der Waals surface area contributed by atoms with Gasteiger partial charge in [0.2, 0.25) is 11.6 Å². The van der Waals surface area contributed by atoms with Crippen LogP contribution in [0.25, 0.3) is 22.8 Å². The molecular formula is C21H21N5O4. The monoisotopic (exact) mass is 407 g/mol. The molecule has 3 aromatic rings. The number of hydrogen-bond acceptors (Lipinski definition) is 7. The van der Waals surface area contributed by atoms with Crippen molar-refractivity contribution in [3.05, 3.63) is 54.1 Å². The minimum Gasteiger partial charge on any atom is -0.478 e. The molecule has 30 heavy (non-hydrogen) atoms. The van der Waals surface area contributed by atoms with Crippen LogP contribution < -0.4 is 4.90 Å². The first-order valence-electron chi connectivity index (χ1n) is 9.13. The standard InChI is InChI=1S/C21H21N5O4/c1-21(2,3)30-20(29)26(4)16-12-14(19(27)28)10-11-15(16)18-24-22-17(23-25-18)13-8-6-5-7-9-13/h5-12H,1-4H3,(H,27,28). The molecule has 1 aromatic heterocycles. The fraction of sp³-hybridized carbons (Fsp3) is 0.238. The van der Waals surface area contributed by atoms with Crippen molar-refractivity contribution in [3.63, 3.8) is 0 Å². The lowest BCUT2D eigenvalue weighted by molar-refractivity contribution is 0.0587. The zero-order valence-electron chi connectivity index (χ0n) is 17.0. The van der Waals surface area contributed by atoms with Crippen LogP contribution in [0.4, 0.5) is 10.5 Å². The number of aromatic carboxylic acids is 1. The molecule has 1 amide bonds. The van der Waals surface area contributed by atoms with E-state index in [1.807, 2.05) is 30.3 Å². The zero-order valence-corrected chi connectivity index (χ0v) is 17.0. The van der Waals surface area contributed by atoms with Crippen molar-refractivity contribution in [3.8, 4) is 22.8 Å². The molecule has 2 aromatic carbocycles. The minimum absolute atomic E-state index is 0.00554. The molecule has 0 saturated carbocycles. The van der Waals surface area contributed by atoms with Crippen molar-refractivity contribution in [1.82, 2.24) is 20.4 Å². The smallest absolute Gasteiger partial charge is 0.414 e. The van der Waals surface area contributed by atoms with Crippen LogP contribution in [-0.2, 0) is 4.74 Å². The highest BCUT2D eigenvalue weighted by Gasteiger charge is 2.24. The highest BCUT2D eigenvalue weighted by atomic mass is 16.6. The molecule has 0 aliphatic carbocycles. The first kappa shape index (κ1) is 20.8. The van der Waals surface area contributed by atoms with Gasteiger partial charge >= 0.3 is 12.1 Å². The summed E-state index contributed by atoms with van der Waals surface area (Å²) < 4.78 is 5.39. The summed E-state index contributed by atoms with van der Waals surface area (Å²) >= 11 is 0. The number of benzene rings is 2. The number of aromatic nitrogens is 4. The minimum atomic E-state index is -1.13. The van der Waals surface area contributed by atoms with Gasteiger partial charge in [-0.25, -0.2) is 9.59 Å². The maximum absolute atomic E-state index is 12.5. The summed E-state index contributed by atoms with van der Waals surface area (Å²) in [6.07, 6.45) is -0.645. The Hall–Kier alpha value is -3.88. The third-order valence-corrected chi connectivity index (χ3v) is 4.03. The molecule has 0 atom stereocenters. The van der Waals surface area contributed by atoms with Crippen LogP contribution in [0.15, 0.2) is 48.5 Å². The third kappa shape index (κ3) is 4.75. The Bertz CT molecular complexity index is 1060. The lowest BCUT2D eigenvalue weighted by Gasteiger charge is -2.26. The normalized spacial score (nSPS) is 11.1. The van der Waals surface area contributed by atoms with Crippen LogP contribution in [0.1, 0.15) is 31.1 Å². The number of carboxylic acids is 1. The van der Waals surface area contributed by atoms with Gasteiger partial charge in [0.25, 0.3) is 0 Å². The van der Waals surface area contributed by atoms with Crippen LogP contribution in [0.5, 0.6) is 0 Å². The van der Waals surface area contributed by atoms with Crippen molar-refractivity contribution in [2.75, 3.05) is 11.9 Å². The van der Waals surface area contributed by atoms with E-state index in [0.717, 1.165) is 5.56 Å². The van der Waals surface area contributed by atoms with Gasteiger partial charge in [-0.3, -0.25) is 4.90 Å². The summed E-state index contributed by atoms with van der Waals surface area (Å²) in [5.74, 6) is -0.627. The number of nitrogens with zero attached hydrogens (tertiary/aromatic N) is 5. The van der Waals surface area contributed by atoms with Crippen LogP contribution in [0, 0.1) is 0 Å². The Morgan fingerprint density at radius 3 is 2.10 bits per heavy atom. The number of carboxylic acid groups (broad SMARTS) is 1. The maximum atomic E-state index is 12.5. The predicted molar refractivity (Wildman–Crippen MR) is 110 cm³/mol. The van der Waals surface area contributed by atoms with Gasteiger partial charge in [0.05, 0.1) is 11.3 Å². The van der Waals surface area contributed by atoms with Crippen molar-refractivity contribution in [2.24, 2.45) is 0 Å². The second-order valence-electron chi connectivity index (χ2n) is 7.49. The molecule has 0 unspecified atom stereocenters. The number of carbonyl (C=O) groups is 2. The summed E-state index contributed by atoms with van der Waals surface area (Å²) in [5.41, 5.74) is 0.711. The average molecular weight is 407 g/mol. The number of anilines is 1. The number of rotatable bonds is 4. The number of carbonyl (C=O) groups excluding carboxylic acids is 1. The summed E-state index contributed by atoms with van der Waals surface area (Å²) in [5, 5.41) is 25.8. The van der Waals surface area contributed by atoms with E-state index in [1.54, 1.807) is 20.8 Å². The number of hydrogen-bond donors (Lipinski definition) is 1. The van der Waals surface area contributed by atoms with Gasteiger partial charge in [-0.05, 0) is 39.0 Å². The maximum Gasteiger partial charge on any atom is 0.414 e.